The molecule has 0 bridgehead atoms. The number of aromatic nitrogens is 2. The van der Waals surface area contributed by atoms with Crippen LogP contribution in [0.4, 0.5) is 0 Å². The predicted molar refractivity (Wildman–Crippen MR) is 172 cm³/mol. The molecule has 0 radical (unpaired) electrons. The van der Waals surface area contributed by atoms with Gasteiger partial charge >= 0.3 is 0 Å². The normalized spacial score (nSPS) is 15.8. The molecule has 0 saturated heterocycles. The molecule has 0 aliphatic heterocycles. The molecular formula is C38H38N2. The Morgan fingerprint density at radius 1 is 0.575 bits per heavy atom. The highest BCUT2D eigenvalue weighted by Crippen LogP contribution is 2.35. The molecular weight excluding hydrogens is 484 g/mol. The lowest BCUT2D eigenvalue weighted by Crippen LogP contribution is -2.10. The van der Waals surface area contributed by atoms with Gasteiger partial charge < -0.3 is 9.13 Å². The Kier molecular flexibility index (Phi) is 3.94. The van der Waals surface area contributed by atoms with E-state index in [9.17, 15) is 0 Å². The summed E-state index contributed by atoms with van der Waals surface area (Å²) in [6.07, 6.45) is 0.208. The molecule has 0 fully saturated rings. The summed E-state index contributed by atoms with van der Waals surface area (Å²) in [4.78, 5) is 0. The summed E-state index contributed by atoms with van der Waals surface area (Å²) in [6.45, 7) is 15.9. The van der Waals surface area contributed by atoms with Crippen molar-refractivity contribution in [3.8, 4) is 11.4 Å². The van der Waals surface area contributed by atoms with Gasteiger partial charge in [0.15, 0.2) is 0 Å². The van der Waals surface area contributed by atoms with Crippen LogP contribution in [0.1, 0.15) is 77.5 Å². The van der Waals surface area contributed by atoms with Crippen LogP contribution >= 0.6 is 0 Å². The van der Waals surface area contributed by atoms with Crippen molar-refractivity contribution >= 4 is 27.4 Å². The van der Waals surface area contributed by atoms with Gasteiger partial charge in [0.1, 0.15) is 0 Å². The van der Waals surface area contributed by atoms with Crippen molar-refractivity contribution in [2.75, 3.05) is 0 Å². The van der Waals surface area contributed by atoms with Crippen LogP contribution in [0.3, 0.4) is 0 Å². The van der Waals surface area contributed by atoms with Crippen LogP contribution in [-0.2, 0) is 10.8 Å². The Balaban J connectivity index is 1.42. The molecule has 0 N–H and O–H groups in total. The van der Waals surface area contributed by atoms with E-state index in [1.807, 2.05) is 65.8 Å². The molecule has 2 nitrogen and oxygen atoms in total. The van der Waals surface area contributed by atoms with Crippen LogP contribution in [0.2, 0.25) is 0 Å². The second-order valence-electron chi connectivity index (χ2n) is 12.2. The molecule has 0 atom stereocenters. The number of nitrogens with zero attached hydrogens (tertiary/aromatic N) is 2. The van der Waals surface area contributed by atoms with E-state index >= 15 is 0 Å². The number of rotatable bonds is 4. The van der Waals surface area contributed by atoms with E-state index in [0.717, 1.165) is 11.1 Å². The van der Waals surface area contributed by atoms with Gasteiger partial charge in [0.2, 0.25) is 0 Å². The third-order valence-electron chi connectivity index (χ3n) is 7.18. The fourth-order valence-electron chi connectivity index (χ4n) is 5.02. The van der Waals surface area contributed by atoms with E-state index in [0.29, 0.717) is 38.8 Å². The highest BCUT2D eigenvalue weighted by Gasteiger charge is 2.22. The van der Waals surface area contributed by atoms with Gasteiger partial charge in [-0.05, 0) is 75.0 Å². The standard InChI is InChI=1S/C38H38N2/c1-26(27-16-20-29(21-17-27)39-24-33(37(2,3)4)31-12-8-10-14-35(31)39)28-18-22-30(23-19-28)40-25-34(38(5,6)7)32-13-9-11-15-36(32)40/h8-25H,1H2,2-7H3/i8D,9D,10D,11D,12D,13D,14D,15D,24D,25D. The van der Waals surface area contributed by atoms with Crippen LogP contribution in [0.15, 0.2) is 116 Å². The van der Waals surface area contributed by atoms with E-state index < -0.39 is 10.8 Å². The minimum Gasteiger partial charge on any atom is -0.316 e. The zero-order chi connectivity index (χ0) is 36.9. The molecule has 0 aliphatic carbocycles. The van der Waals surface area contributed by atoms with Gasteiger partial charge in [-0.1, -0.05) is 109 Å². The summed E-state index contributed by atoms with van der Waals surface area (Å²) in [6, 6.07) is 12.6. The first kappa shape index (κ1) is 16.7. The summed E-state index contributed by atoms with van der Waals surface area (Å²) in [5, 5.41) is 0.692. The molecule has 6 rings (SSSR count). The Bertz CT molecular complexity index is 2220. The number of benzene rings is 4. The van der Waals surface area contributed by atoms with Gasteiger partial charge in [0.05, 0.1) is 24.7 Å². The van der Waals surface area contributed by atoms with E-state index in [-0.39, 0.29) is 71.7 Å². The lowest BCUT2D eigenvalue weighted by molar-refractivity contribution is 0.594. The lowest BCUT2D eigenvalue weighted by Gasteiger charge is -2.17. The van der Waals surface area contributed by atoms with Crippen molar-refractivity contribution < 1.29 is 13.7 Å². The van der Waals surface area contributed by atoms with Gasteiger partial charge in [0, 0.05) is 34.5 Å². The fourth-order valence-corrected chi connectivity index (χ4v) is 5.02. The van der Waals surface area contributed by atoms with Crippen molar-refractivity contribution in [3.63, 3.8) is 0 Å². The highest BCUT2D eigenvalue weighted by atomic mass is 15.0. The fraction of sp³-hybridized carbons (Fsp3) is 0.211. The summed E-state index contributed by atoms with van der Waals surface area (Å²) in [5.74, 6) is 0. The lowest BCUT2D eigenvalue weighted by atomic mass is 9.87. The van der Waals surface area contributed by atoms with E-state index in [4.69, 9.17) is 13.7 Å². The molecule has 0 saturated carbocycles. The van der Waals surface area contributed by atoms with E-state index in [2.05, 4.69) is 6.58 Å². The van der Waals surface area contributed by atoms with E-state index in [1.54, 1.807) is 33.4 Å². The molecule has 200 valence electrons. The van der Waals surface area contributed by atoms with Gasteiger partial charge in [0.25, 0.3) is 0 Å². The molecule has 0 unspecified atom stereocenters. The Morgan fingerprint density at radius 2 is 0.925 bits per heavy atom. The summed E-state index contributed by atoms with van der Waals surface area (Å²) < 4.78 is 89.2. The largest absolute Gasteiger partial charge is 0.316 e. The third-order valence-corrected chi connectivity index (χ3v) is 7.18. The first-order valence-corrected chi connectivity index (χ1v) is 13.3. The Hall–Kier alpha value is -4.30. The first-order chi connectivity index (χ1) is 23.2. The van der Waals surface area contributed by atoms with Crippen molar-refractivity contribution in [3.05, 3.63) is 138 Å². The van der Waals surface area contributed by atoms with Crippen LogP contribution in [0.5, 0.6) is 0 Å². The third kappa shape index (κ3) is 4.48. The van der Waals surface area contributed by atoms with Crippen LogP contribution in [-0.4, -0.2) is 9.13 Å². The zero-order valence-electron chi connectivity index (χ0n) is 33.7. The molecule has 2 heteroatoms. The van der Waals surface area contributed by atoms with Crippen LogP contribution in [0.25, 0.3) is 38.8 Å². The SMILES string of the molecule is [2H]c1c([2H])c([2H])c2c(c1[2H])c(C(C)(C)C)c([2H])n2-c1ccc(C(=C)c2ccc(-n3c([2H])c(C(C)(C)C)c4c([2H])c([2H])c([2H])c([2H])c43)cc2)cc1. The minimum absolute atomic E-state index is 0.104. The quantitative estimate of drug-likeness (QED) is 0.214. The molecule has 4 aromatic carbocycles. The maximum Gasteiger partial charge on any atom is 0.0826 e. The van der Waals surface area contributed by atoms with E-state index in [1.165, 1.54) is 0 Å². The molecule has 0 amide bonds. The van der Waals surface area contributed by atoms with Crippen molar-refractivity contribution in [2.24, 2.45) is 0 Å². The second kappa shape index (κ2) is 9.41. The van der Waals surface area contributed by atoms with Gasteiger partial charge in [-0.3, -0.25) is 0 Å². The van der Waals surface area contributed by atoms with Crippen molar-refractivity contribution in [2.45, 2.75) is 52.4 Å². The maximum absolute atomic E-state index is 9.11. The van der Waals surface area contributed by atoms with Gasteiger partial charge in [-0.25, -0.2) is 0 Å². The van der Waals surface area contributed by atoms with Gasteiger partial charge in [-0.2, -0.15) is 0 Å². The second-order valence-corrected chi connectivity index (χ2v) is 12.2. The monoisotopic (exact) mass is 532 g/mol. The summed E-state index contributed by atoms with van der Waals surface area (Å²) >= 11 is 0. The summed E-state index contributed by atoms with van der Waals surface area (Å²) in [5.41, 5.74) is 3.94. The molecule has 2 aromatic heterocycles. The van der Waals surface area contributed by atoms with Gasteiger partial charge in [-0.15, -0.1) is 0 Å². The minimum atomic E-state index is -0.555. The first-order valence-electron chi connectivity index (χ1n) is 18.3. The smallest absolute Gasteiger partial charge is 0.0826 e. The number of hydrogen-bond acceptors (Lipinski definition) is 0. The topological polar surface area (TPSA) is 9.86 Å². The van der Waals surface area contributed by atoms with Crippen LogP contribution < -0.4 is 0 Å². The average Bonchev–Trinajstić information content (AvgIpc) is 3.56. The zero-order valence-corrected chi connectivity index (χ0v) is 23.7. The molecule has 6 aromatic rings. The number of fused-ring (bicyclic) bond motifs is 2. The number of para-hydroxylation sites is 2. The van der Waals surface area contributed by atoms with Crippen molar-refractivity contribution in [1.82, 2.24) is 9.13 Å². The molecule has 0 aliphatic rings. The Labute approximate surface area is 252 Å². The van der Waals surface area contributed by atoms with Crippen molar-refractivity contribution in [1.29, 1.82) is 0 Å². The maximum atomic E-state index is 9.11. The Morgan fingerprint density at radius 3 is 1.27 bits per heavy atom. The predicted octanol–water partition coefficient (Wildman–Crippen LogP) is 10.2. The molecule has 40 heavy (non-hydrogen) atoms. The average molecular weight is 533 g/mol. The molecule has 2 heterocycles. The highest BCUT2D eigenvalue weighted by molar-refractivity contribution is 5.88. The van der Waals surface area contributed by atoms with Crippen LogP contribution in [0, 0.1) is 0 Å². The number of hydrogen-bond donors (Lipinski definition) is 0. The molecule has 0 spiro atoms. The summed E-state index contributed by atoms with van der Waals surface area (Å²) in [7, 11) is 0.